The number of hydrogen-bond donors (Lipinski definition) is 0. The van der Waals surface area contributed by atoms with E-state index in [0.29, 0.717) is 0 Å². The topological polar surface area (TPSA) is 57.5 Å². The lowest BCUT2D eigenvalue weighted by Gasteiger charge is -2.04. The second-order valence-corrected chi connectivity index (χ2v) is 3.76. The number of ether oxygens (including phenoxy) is 2. The second kappa shape index (κ2) is 4.91. The molecule has 0 unspecified atom stereocenters. The third-order valence-corrected chi connectivity index (χ3v) is 2.69. The van der Waals surface area contributed by atoms with Gasteiger partial charge in [-0.05, 0) is 24.3 Å². The first kappa shape index (κ1) is 12.2. The van der Waals surface area contributed by atoms with Gasteiger partial charge in [0.1, 0.15) is 12.2 Å². The molecule has 18 heavy (non-hydrogen) atoms. The molecule has 5 nitrogen and oxygen atoms in total. The van der Waals surface area contributed by atoms with E-state index in [2.05, 4.69) is 4.74 Å². The van der Waals surface area contributed by atoms with Crippen molar-refractivity contribution < 1.29 is 19.1 Å². The number of esters is 1. The molecule has 5 heteroatoms. The molecule has 0 bridgehead atoms. The van der Waals surface area contributed by atoms with E-state index in [0.717, 1.165) is 16.7 Å². The van der Waals surface area contributed by atoms with Crippen molar-refractivity contribution in [2.45, 2.75) is 6.42 Å². The molecule has 0 N–H and O–H groups in total. The van der Waals surface area contributed by atoms with Crippen molar-refractivity contribution in [1.29, 1.82) is 0 Å². The van der Waals surface area contributed by atoms with Gasteiger partial charge < -0.3 is 9.47 Å². The molecular weight excluding hydrogens is 234 g/mol. The van der Waals surface area contributed by atoms with E-state index in [9.17, 15) is 9.59 Å². The highest BCUT2D eigenvalue weighted by Gasteiger charge is 2.13. The Balaban J connectivity index is 2.34. The molecule has 1 aromatic carbocycles. The predicted octanol–water partition coefficient (Wildman–Crippen LogP) is 1.85. The largest absolute Gasteiger partial charge is 0.497 e. The maximum Gasteiger partial charge on any atom is 0.315 e. The highest BCUT2D eigenvalue weighted by molar-refractivity contribution is 6.00. The number of carbonyl (C=O) groups excluding carboxylic acids is 2. The normalized spacial score (nSPS) is 10.3. The van der Waals surface area contributed by atoms with Crippen molar-refractivity contribution in [3.63, 3.8) is 0 Å². The molecule has 0 aliphatic heterocycles. The van der Waals surface area contributed by atoms with Gasteiger partial charge in [-0.15, -0.1) is 0 Å². The molecule has 0 spiro atoms. The summed E-state index contributed by atoms with van der Waals surface area (Å²) in [4.78, 5) is 23.0. The first-order chi connectivity index (χ1) is 8.65. The van der Waals surface area contributed by atoms with Crippen LogP contribution >= 0.6 is 0 Å². The van der Waals surface area contributed by atoms with Crippen LogP contribution in [0.3, 0.4) is 0 Å². The number of rotatable bonds is 3. The van der Waals surface area contributed by atoms with E-state index >= 15 is 0 Å². The summed E-state index contributed by atoms with van der Waals surface area (Å²) in [6.45, 7) is 0. The number of nitrogens with zero attached hydrogens (tertiary/aromatic N) is 1. The maximum absolute atomic E-state index is 11.9. The van der Waals surface area contributed by atoms with Crippen LogP contribution in [0.1, 0.15) is 11.2 Å². The zero-order valence-corrected chi connectivity index (χ0v) is 10.2. The van der Waals surface area contributed by atoms with Gasteiger partial charge in [-0.3, -0.25) is 14.2 Å². The molecule has 0 atom stereocenters. The Hall–Kier alpha value is -2.30. The number of benzene rings is 1. The molecular formula is C13H13NO4. The quantitative estimate of drug-likeness (QED) is 0.613. The predicted molar refractivity (Wildman–Crippen MR) is 65.7 cm³/mol. The molecule has 0 amide bonds. The SMILES string of the molecule is COC(=O)CC(=O)n1ccc2cc(OC)ccc21. The van der Waals surface area contributed by atoms with Crippen molar-refractivity contribution in [3.8, 4) is 5.75 Å². The molecule has 1 aromatic heterocycles. The number of methoxy groups -OCH3 is 2. The van der Waals surface area contributed by atoms with Gasteiger partial charge in [-0.2, -0.15) is 0 Å². The van der Waals surface area contributed by atoms with E-state index in [1.807, 2.05) is 6.07 Å². The Bertz CT molecular complexity index is 600. The van der Waals surface area contributed by atoms with Gasteiger partial charge in [0.05, 0.1) is 19.7 Å². The third-order valence-electron chi connectivity index (χ3n) is 2.69. The molecule has 1 heterocycles. The van der Waals surface area contributed by atoms with Crippen LogP contribution in [0.2, 0.25) is 0 Å². The smallest absolute Gasteiger partial charge is 0.315 e. The van der Waals surface area contributed by atoms with Crippen molar-refractivity contribution >= 4 is 22.8 Å². The fourth-order valence-corrected chi connectivity index (χ4v) is 1.75. The van der Waals surface area contributed by atoms with Gasteiger partial charge in [0, 0.05) is 11.6 Å². The lowest BCUT2D eigenvalue weighted by Crippen LogP contribution is -2.15. The van der Waals surface area contributed by atoms with Gasteiger partial charge in [0.25, 0.3) is 0 Å². The molecule has 0 fully saturated rings. The van der Waals surface area contributed by atoms with Gasteiger partial charge >= 0.3 is 5.97 Å². The van der Waals surface area contributed by atoms with Crippen LogP contribution in [0.4, 0.5) is 0 Å². The molecule has 0 saturated carbocycles. The Labute approximate surface area is 104 Å². The van der Waals surface area contributed by atoms with Crippen LogP contribution in [0, 0.1) is 0 Å². The first-order valence-corrected chi connectivity index (χ1v) is 5.41. The van der Waals surface area contributed by atoms with Gasteiger partial charge in [0.2, 0.25) is 5.91 Å². The minimum atomic E-state index is -0.546. The number of fused-ring (bicyclic) bond motifs is 1. The Kier molecular flexibility index (Phi) is 3.32. The standard InChI is InChI=1S/C13H13NO4/c1-17-10-3-4-11-9(7-10)5-6-14(11)12(15)8-13(16)18-2/h3-7H,8H2,1-2H3. The van der Waals surface area contributed by atoms with Crippen LogP contribution in [0.15, 0.2) is 30.5 Å². The third kappa shape index (κ3) is 2.20. The van der Waals surface area contributed by atoms with Crippen LogP contribution in [0.5, 0.6) is 5.75 Å². The van der Waals surface area contributed by atoms with E-state index in [4.69, 9.17) is 4.74 Å². The molecule has 94 valence electrons. The van der Waals surface area contributed by atoms with Gasteiger partial charge in [-0.25, -0.2) is 0 Å². The van der Waals surface area contributed by atoms with E-state index in [1.54, 1.807) is 31.5 Å². The van der Waals surface area contributed by atoms with Crippen LogP contribution in [-0.4, -0.2) is 30.7 Å². The fraction of sp³-hybridized carbons (Fsp3) is 0.231. The summed E-state index contributed by atoms with van der Waals surface area (Å²) in [7, 11) is 2.84. The van der Waals surface area contributed by atoms with Crippen LogP contribution < -0.4 is 4.74 Å². The van der Waals surface area contributed by atoms with Crippen molar-refractivity contribution in [3.05, 3.63) is 30.5 Å². The van der Waals surface area contributed by atoms with Gasteiger partial charge in [0.15, 0.2) is 0 Å². The highest BCUT2D eigenvalue weighted by Crippen LogP contribution is 2.22. The lowest BCUT2D eigenvalue weighted by atomic mass is 10.2. The summed E-state index contributed by atoms with van der Waals surface area (Å²) in [6.07, 6.45) is 1.36. The molecule has 0 aliphatic rings. The molecule has 0 saturated heterocycles. The average Bonchev–Trinajstić information content (AvgIpc) is 2.81. The van der Waals surface area contributed by atoms with Crippen LogP contribution in [0.25, 0.3) is 10.9 Å². The highest BCUT2D eigenvalue weighted by atomic mass is 16.5. The molecule has 2 rings (SSSR count). The summed E-state index contributed by atoms with van der Waals surface area (Å²) in [5.74, 6) is -0.141. The summed E-state index contributed by atoms with van der Waals surface area (Å²) in [6, 6.07) is 7.18. The first-order valence-electron chi connectivity index (χ1n) is 5.41. The minimum absolute atomic E-state index is 0.272. The number of aromatic nitrogens is 1. The van der Waals surface area contributed by atoms with Crippen molar-refractivity contribution in [1.82, 2.24) is 4.57 Å². The monoisotopic (exact) mass is 247 g/mol. The Morgan fingerprint density at radius 2 is 2.00 bits per heavy atom. The Morgan fingerprint density at radius 3 is 2.67 bits per heavy atom. The average molecular weight is 247 g/mol. The molecule has 2 aromatic rings. The number of hydrogen-bond acceptors (Lipinski definition) is 4. The molecule has 0 aliphatic carbocycles. The summed E-state index contributed by atoms with van der Waals surface area (Å²) < 4.78 is 11.0. The lowest BCUT2D eigenvalue weighted by molar-refractivity contribution is -0.139. The second-order valence-electron chi connectivity index (χ2n) is 3.76. The van der Waals surface area contributed by atoms with Crippen molar-refractivity contribution in [2.75, 3.05) is 14.2 Å². The summed E-state index contributed by atoms with van der Waals surface area (Å²) >= 11 is 0. The van der Waals surface area contributed by atoms with E-state index < -0.39 is 5.97 Å². The van der Waals surface area contributed by atoms with E-state index in [-0.39, 0.29) is 12.3 Å². The maximum atomic E-state index is 11.9. The minimum Gasteiger partial charge on any atom is -0.497 e. The zero-order valence-electron chi connectivity index (χ0n) is 10.2. The van der Waals surface area contributed by atoms with Gasteiger partial charge in [-0.1, -0.05) is 0 Å². The Morgan fingerprint density at radius 1 is 1.22 bits per heavy atom. The summed E-state index contributed by atoms with van der Waals surface area (Å²) in [5, 5.41) is 0.882. The molecule has 0 radical (unpaired) electrons. The zero-order chi connectivity index (χ0) is 13.1. The summed E-state index contributed by atoms with van der Waals surface area (Å²) in [5.41, 5.74) is 0.740. The fourth-order valence-electron chi connectivity index (χ4n) is 1.75. The van der Waals surface area contributed by atoms with Crippen molar-refractivity contribution in [2.24, 2.45) is 0 Å². The number of carbonyl (C=O) groups is 2. The van der Waals surface area contributed by atoms with E-state index in [1.165, 1.54) is 11.7 Å². The van der Waals surface area contributed by atoms with Crippen LogP contribution in [-0.2, 0) is 9.53 Å².